The number of ether oxygens (including phenoxy) is 2. The molecule has 2 amide bonds. The topological polar surface area (TPSA) is 76.7 Å². The van der Waals surface area contributed by atoms with Crippen LogP contribution in [-0.2, 0) is 4.74 Å². The van der Waals surface area contributed by atoms with Gasteiger partial charge in [-0.25, -0.2) is 4.79 Å². The minimum absolute atomic E-state index is 0.0112. The van der Waals surface area contributed by atoms with E-state index in [4.69, 9.17) is 9.47 Å². The van der Waals surface area contributed by atoms with Gasteiger partial charge in [-0.05, 0) is 55.7 Å². The normalized spacial score (nSPS) is 19.0. The van der Waals surface area contributed by atoms with Crippen LogP contribution in [0.4, 0.5) is 10.5 Å². The van der Waals surface area contributed by atoms with Crippen LogP contribution in [0, 0.1) is 0 Å². The maximum atomic E-state index is 12.4. The molecular formula is C21H24N2O4. The van der Waals surface area contributed by atoms with Crippen LogP contribution in [0.5, 0.6) is 5.75 Å². The van der Waals surface area contributed by atoms with Gasteiger partial charge in [-0.2, -0.15) is 0 Å². The van der Waals surface area contributed by atoms with E-state index in [0.717, 1.165) is 19.3 Å². The van der Waals surface area contributed by atoms with Gasteiger partial charge in [0.05, 0.1) is 7.11 Å². The molecule has 2 aromatic rings. The summed E-state index contributed by atoms with van der Waals surface area (Å²) in [5.74, 6) is 0.583. The molecular weight excluding hydrogens is 344 g/mol. The largest absolute Gasteiger partial charge is 0.497 e. The third-order valence-electron chi connectivity index (χ3n) is 4.61. The number of hydrogen-bond acceptors (Lipinski definition) is 4. The van der Waals surface area contributed by atoms with Crippen molar-refractivity contribution in [3.05, 3.63) is 60.2 Å². The molecule has 0 aromatic heterocycles. The minimum atomic E-state index is -0.465. The molecule has 0 heterocycles. The highest BCUT2D eigenvalue weighted by Gasteiger charge is 2.26. The molecule has 0 radical (unpaired) electrons. The van der Waals surface area contributed by atoms with Crippen molar-refractivity contribution in [1.82, 2.24) is 5.32 Å². The predicted octanol–water partition coefficient (Wildman–Crippen LogP) is 3.98. The number of hydrogen-bond donors (Lipinski definition) is 2. The Morgan fingerprint density at radius 3 is 2.44 bits per heavy atom. The Bertz CT molecular complexity index is 762. The molecule has 6 nitrogen and oxygen atoms in total. The van der Waals surface area contributed by atoms with Gasteiger partial charge in [0.1, 0.15) is 11.9 Å². The number of methoxy groups -OCH3 is 1. The molecule has 142 valence electrons. The molecule has 2 aromatic carbocycles. The highest BCUT2D eigenvalue weighted by atomic mass is 16.6. The van der Waals surface area contributed by atoms with E-state index < -0.39 is 6.09 Å². The highest BCUT2D eigenvalue weighted by Crippen LogP contribution is 2.22. The molecule has 2 N–H and O–H groups in total. The SMILES string of the molecule is COc1ccc(C(=O)NC2CCCC(OC(=O)Nc3ccccc3)C2)cc1. The van der Waals surface area contributed by atoms with E-state index in [0.29, 0.717) is 23.4 Å². The van der Waals surface area contributed by atoms with E-state index in [2.05, 4.69) is 10.6 Å². The first-order valence-corrected chi connectivity index (χ1v) is 9.11. The van der Waals surface area contributed by atoms with E-state index in [-0.39, 0.29) is 18.1 Å². The molecule has 0 bridgehead atoms. The van der Waals surface area contributed by atoms with Gasteiger partial charge in [-0.15, -0.1) is 0 Å². The van der Waals surface area contributed by atoms with Gasteiger partial charge in [0, 0.05) is 23.7 Å². The fourth-order valence-corrected chi connectivity index (χ4v) is 3.21. The maximum Gasteiger partial charge on any atom is 0.411 e. The van der Waals surface area contributed by atoms with Crippen LogP contribution in [0.3, 0.4) is 0 Å². The van der Waals surface area contributed by atoms with Gasteiger partial charge in [-0.1, -0.05) is 18.2 Å². The van der Waals surface area contributed by atoms with Gasteiger partial charge in [0.15, 0.2) is 0 Å². The Morgan fingerprint density at radius 1 is 1.00 bits per heavy atom. The zero-order valence-electron chi connectivity index (χ0n) is 15.3. The number of carbonyl (C=O) groups excluding carboxylic acids is 2. The summed E-state index contributed by atoms with van der Waals surface area (Å²) < 4.78 is 10.6. The number of benzene rings is 2. The van der Waals surface area contributed by atoms with E-state index in [1.807, 2.05) is 18.2 Å². The van der Waals surface area contributed by atoms with Gasteiger partial charge in [0.2, 0.25) is 0 Å². The lowest BCUT2D eigenvalue weighted by molar-refractivity contribution is 0.0712. The highest BCUT2D eigenvalue weighted by molar-refractivity contribution is 5.94. The van der Waals surface area contributed by atoms with Crippen molar-refractivity contribution in [3.8, 4) is 5.75 Å². The Labute approximate surface area is 158 Å². The number of para-hydroxylation sites is 1. The molecule has 1 fully saturated rings. The second-order valence-electron chi connectivity index (χ2n) is 6.58. The molecule has 2 unspecified atom stereocenters. The third-order valence-corrected chi connectivity index (χ3v) is 4.61. The zero-order chi connectivity index (χ0) is 19.1. The summed E-state index contributed by atoms with van der Waals surface area (Å²) in [7, 11) is 1.59. The second kappa shape index (κ2) is 9.07. The van der Waals surface area contributed by atoms with E-state index in [9.17, 15) is 9.59 Å². The summed E-state index contributed by atoms with van der Waals surface area (Å²) in [6.45, 7) is 0. The van der Waals surface area contributed by atoms with E-state index >= 15 is 0 Å². The molecule has 0 spiro atoms. The summed E-state index contributed by atoms with van der Waals surface area (Å²) in [4.78, 5) is 24.5. The number of nitrogens with one attached hydrogen (secondary N) is 2. The fraction of sp³-hybridized carbons (Fsp3) is 0.333. The number of rotatable bonds is 5. The molecule has 1 aliphatic carbocycles. The first kappa shape index (κ1) is 18.8. The van der Waals surface area contributed by atoms with Crippen molar-refractivity contribution < 1.29 is 19.1 Å². The van der Waals surface area contributed by atoms with Crippen LogP contribution in [0.2, 0.25) is 0 Å². The number of carbonyl (C=O) groups is 2. The van der Waals surface area contributed by atoms with Crippen molar-refractivity contribution >= 4 is 17.7 Å². The summed E-state index contributed by atoms with van der Waals surface area (Å²) in [6.07, 6.45) is 2.53. The van der Waals surface area contributed by atoms with Crippen LogP contribution in [-0.4, -0.2) is 31.3 Å². The molecule has 0 aliphatic heterocycles. The lowest BCUT2D eigenvalue weighted by Crippen LogP contribution is -2.41. The Morgan fingerprint density at radius 2 is 1.74 bits per heavy atom. The Hall–Kier alpha value is -3.02. The average molecular weight is 368 g/mol. The Balaban J connectivity index is 1.49. The standard InChI is InChI=1S/C21H24N2O4/c1-26-18-12-10-15(11-13-18)20(24)22-17-8-5-9-19(14-17)27-21(25)23-16-6-3-2-4-7-16/h2-4,6-7,10-13,17,19H,5,8-9,14H2,1H3,(H,22,24)(H,23,25). The van der Waals surface area contributed by atoms with Crippen LogP contribution in [0.15, 0.2) is 54.6 Å². The molecule has 2 atom stereocenters. The molecule has 3 rings (SSSR count). The average Bonchev–Trinajstić information content (AvgIpc) is 2.69. The van der Waals surface area contributed by atoms with Crippen LogP contribution < -0.4 is 15.4 Å². The van der Waals surface area contributed by atoms with Crippen molar-refractivity contribution in [2.45, 2.75) is 37.8 Å². The smallest absolute Gasteiger partial charge is 0.411 e. The van der Waals surface area contributed by atoms with Crippen molar-refractivity contribution in [2.24, 2.45) is 0 Å². The Kier molecular flexibility index (Phi) is 6.30. The summed E-state index contributed by atoms with van der Waals surface area (Å²) in [6, 6.07) is 16.2. The number of anilines is 1. The lowest BCUT2D eigenvalue weighted by atomic mass is 9.92. The molecule has 0 saturated heterocycles. The predicted molar refractivity (Wildman–Crippen MR) is 103 cm³/mol. The van der Waals surface area contributed by atoms with Crippen LogP contribution in [0.1, 0.15) is 36.0 Å². The fourth-order valence-electron chi connectivity index (χ4n) is 3.21. The molecule has 1 saturated carbocycles. The number of amides is 2. The zero-order valence-corrected chi connectivity index (χ0v) is 15.3. The lowest BCUT2D eigenvalue weighted by Gasteiger charge is -2.29. The molecule has 6 heteroatoms. The first-order chi connectivity index (χ1) is 13.1. The monoisotopic (exact) mass is 368 g/mol. The second-order valence-corrected chi connectivity index (χ2v) is 6.58. The summed E-state index contributed by atoms with van der Waals surface area (Å²) >= 11 is 0. The molecule has 1 aliphatic rings. The van der Waals surface area contributed by atoms with Crippen molar-refractivity contribution in [3.63, 3.8) is 0 Å². The van der Waals surface area contributed by atoms with Gasteiger partial charge in [0.25, 0.3) is 5.91 Å². The third kappa shape index (κ3) is 5.48. The van der Waals surface area contributed by atoms with E-state index in [1.54, 1.807) is 43.5 Å². The van der Waals surface area contributed by atoms with Crippen LogP contribution in [0.25, 0.3) is 0 Å². The maximum absolute atomic E-state index is 12.4. The van der Waals surface area contributed by atoms with Gasteiger partial charge < -0.3 is 14.8 Å². The summed E-state index contributed by atoms with van der Waals surface area (Å²) in [5.41, 5.74) is 1.28. The quantitative estimate of drug-likeness (QED) is 0.837. The van der Waals surface area contributed by atoms with Gasteiger partial charge >= 0.3 is 6.09 Å². The van der Waals surface area contributed by atoms with E-state index in [1.165, 1.54) is 0 Å². The van der Waals surface area contributed by atoms with Crippen molar-refractivity contribution in [1.29, 1.82) is 0 Å². The van der Waals surface area contributed by atoms with Crippen LogP contribution >= 0.6 is 0 Å². The molecule has 27 heavy (non-hydrogen) atoms. The summed E-state index contributed by atoms with van der Waals surface area (Å²) in [5, 5.41) is 5.76. The first-order valence-electron chi connectivity index (χ1n) is 9.11. The minimum Gasteiger partial charge on any atom is -0.497 e. The van der Waals surface area contributed by atoms with Crippen molar-refractivity contribution in [2.75, 3.05) is 12.4 Å². The van der Waals surface area contributed by atoms with Gasteiger partial charge in [-0.3, -0.25) is 10.1 Å².